The highest BCUT2D eigenvalue weighted by molar-refractivity contribution is 6.35. The van der Waals surface area contributed by atoms with Crippen LogP contribution < -0.4 is 5.32 Å². The van der Waals surface area contributed by atoms with E-state index in [2.05, 4.69) is 25.7 Å². The highest BCUT2D eigenvalue weighted by atomic mass is 16.2. The van der Waals surface area contributed by atoms with Crippen LogP contribution in [-0.2, 0) is 9.59 Å². The molecule has 0 aromatic carbocycles. The highest BCUT2D eigenvalue weighted by Crippen LogP contribution is 2.10. The standard InChI is InChI=1S/C14H25N3O2/c1-10(2)15-8-12(5)9-16-6-7-17(11(3)4)14(19)13(16)18/h10-11,15H,5-9H2,1-4H3. The van der Waals surface area contributed by atoms with E-state index in [1.807, 2.05) is 13.8 Å². The number of hydrogen-bond acceptors (Lipinski definition) is 3. The zero-order valence-corrected chi connectivity index (χ0v) is 12.4. The lowest BCUT2D eigenvalue weighted by atomic mass is 10.2. The minimum atomic E-state index is -0.411. The first-order valence-electron chi connectivity index (χ1n) is 6.82. The van der Waals surface area contributed by atoms with Crippen molar-refractivity contribution >= 4 is 11.8 Å². The third-order valence-corrected chi connectivity index (χ3v) is 3.14. The Bertz CT molecular complexity index is 364. The van der Waals surface area contributed by atoms with E-state index in [9.17, 15) is 9.59 Å². The van der Waals surface area contributed by atoms with Crippen LogP contribution in [0.5, 0.6) is 0 Å². The van der Waals surface area contributed by atoms with Crippen molar-refractivity contribution in [2.24, 2.45) is 0 Å². The van der Waals surface area contributed by atoms with Crippen LogP contribution >= 0.6 is 0 Å². The molecule has 1 N–H and O–H groups in total. The van der Waals surface area contributed by atoms with E-state index in [1.54, 1.807) is 9.80 Å². The molecule has 0 radical (unpaired) electrons. The maximum absolute atomic E-state index is 12.0. The van der Waals surface area contributed by atoms with Gasteiger partial charge in [-0.2, -0.15) is 0 Å². The molecule has 1 aliphatic heterocycles. The fraction of sp³-hybridized carbons (Fsp3) is 0.714. The predicted octanol–water partition coefficient (Wildman–Crippen LogP) is 0.620. The average molecular weight is 267 g/mol. The van der Waals surface area contributed by atoms with E-state index in [0.717, 1.165) is 5.57 Å². The lowest BCUT2D eigenvalue weighted by Gasteiger charge is -2.36. The van der Waals surface area contributed by atoms with E-state index >= 15 is 0 Å². The Hall–Kier alpha value is -1.36. The van der Waals surface area contributed by atoms with Crippen LogP contribution in [0.2, 0.25) is 0 Å². The number of carbonyl (C=O) groups excluding carboxylic acids is 2. The molecular formula is C14H25N3O2. The average Bonchev–Trinajstić information content (AvgIpc) is 2.32. The molecule has 0 aliphatic carbocycles. The third kappa shape index (κ3) is 4.35. The van der Waals surface area contributed by atoms with Gasteiger partial charge in [-0.25, -0.2) is 0 Å². The molecule has 0 saturated carbocycles. The van der Waals surface area contributed by atoms with Crippen molar-refractivity contribution in [2.45, 2.75) is 39.8 Å². The Kier molecular flexibility index (Phi) is 5.54. The molecule has 1 fully saturated rings. The Morgan fingerprint density at radius 1 is 1.21 bits per heavy atom. The molecule has 1 aliphatic rings. The number of rotatable bonds is 6. The minimum absolute atomic E-state index is 0.0735. The van der Waals surface area contributed by atoms with Gasteiger partial charge in [0.1, 0.15) is 0 Å². The van der Waals surface area contributed by atoms with Gasteiger partial charge in [0, 0.05) is 38.3 Å². The maximum Gasteiger partial charge on any atom is 0.312 e. The second-order valence-corrected chi connectivity index (χ2v) is 5.60. The van der Waals surface area contributed by atoms with Crippen molar-refractivity contribution in [3.8, 4) is 0 Å². The van der Waals surface area contributed by atoms with Gasteiger partial charge in [-0.1, -0.05) is 20.4 Å². The Balaban J connectivity index is 2.51. The van der Waals surface area contributed by atoms with Gasteiger partial charge >= 0.3 is 11.8 Å². The van der Waals surface area contributed by atoms with Crippen LogP contribution in [0.15, 0.2) is 12.2 Å². The van der Waals surface area contributed by atoms with E-state index in [0.29, 0.717) is 32.2 Å². The van der Waals surface area contributed by atoms with Gasteiger partial charge in [-0.05, 0) is 19.4 Å². The summed E-state index contributed by atoms with van der Waals surface area (Å²) in [6, 6.07) is 0.455. The lowest BCUT2D eigenvalue weighted by molar-refractivity contribution is -0.156. The van der Waals surface area contributed by atoms with Crippen LogP contribution in [0.1, 0.15) is 27.7 Å². The molecule has 2 amide bonds. The van der Waals surface area contributed by atoms with E-state index in [-0.39, 0.29) is 6.04 Å². The van der Waals surface area contributed by atoms with Crippen LogP contribution in [-0.4, -0.2) is 59.9 Å². The summed E-state index contributed by atoms with van der Waals surface area (Å²) in [5.41, 5.74) is 0.924. The van der Waals surface area contributed by atoms with Gasteiger partial charge < -0.3 is 15.1 Å². The summed E-state index contributed by atoms with van der Waals surface area (Å²) in [4.78, 5) is 27.1. The lowest BCUT2D eigenvalue weighted by Crippen LogP contribution is -2.56. The van der Waals surface area contributed by atoms with Crippen molar-refractivity contribution < 1.29 is 9.59 Å². The first-order chi connectivity index (χ1) is 8.82. The molecule has 0 aromatic heterocycles. The molecule has 1 rings (SSSR count). The second-order valence-electron chi connectivity index (χ2n) is 5.60. The molecule has 0 bridgehead atoms. The summed E-state index contributed by atoms with van der Waals surface area (Å²) < 4.78 is 0. The van der Waals surface area contributed by atoms with Crippen molar-refractivity contribution in [3.05, 3.63) is 12.2 Å². The largest absolute Gasteiger partial charge is 0.330 e. The smallest absolute Gasteiger partial charge is 0.312 e. The third-order valence-electron chi connectivity index (χ3n) is 3.14. The monoisotopic (exact) mass is 267 g/mol. The van der Waals surface area contributed by atoms with Crippen LogP contribution in [0.25, 0.3) is 0 Å². The summed E-state index contributed by atoms with van der Waals surface area (Å²) in [5, 5.41) is 3.26. The van der Waals surface area contributed by atoms with E-state index in [4.69, 9.17) is 0 Å². The number of amides is 2. The predicted molar refractivity (Wildman–Crippen MR) is 75.7 cm³/mol. The fourth-order valence-corrected chi connectivity index (χ4v) is 2.01. The Morgan fingerprint density at radius 2 is 1.84 bits per heavy atom. The molecule has 0 aromatic rings. The number of piperazine rings is 1. The van der Waals surface area contributed by atoms with Crippen LogP contribution in [0.4, 0.5) is 0 Å². The SMILES string of the molecule is C=C(CNC(C)C)CN1CCN(C(C)C)C(=O)C1=O. The molecule has 0 unspecified atom stereocenters. The number of hydrogen-bond donors (Lipinski definition) is 1. The molecular weight excluding hydrogens is 242 g/mol. The number of nitrogens with one attached hydrogen (secondary N) is 1. The molecule has 0 atom stereocenters. The zero-order chi connectivity index (χ0) is 14.6. The van der Waals surface area contributed by atoms with Crippen molar-refractivity contribution in [2.75, 3.05) is 26.2 Å². The topological polar surface area (TPSA) is 52.6 Å². The van der Waals surface area contributed by atoms with Gasteiger partial charge in [-0.3, -0.25) is 9.59 Å². The van der Waals surface area contributed by atoms with Crippen LogP contribution in [0.3, 0.4) is 0 Å². The van der Waals surface area contributed by atoms with Gasteiger partial charge in [0.25, 0.3) is 0 Å². The summed E-state index contributed by atoms with van der Waals surface area (Å²) in [7, 11) is 0. The summed E-state index contributed by atoms with van der Waals surface area (Å²) in [6.07, 6.45) is 0. The summed E-state index contributed by atoms with van der Waals surface area (Å²) in [5.74, 6) is -0.809. The molecule has 19 heavy (non-hydrogen) atoms. The van der Waals surface area contributed by atoms with Gasteiger partial charge in [-0.15, -0.1) is 0 Å². The highest BCUT2D eigenvalue weighted by Gasteiger charge is 2.33. The van der Waals surface area contributed by atoms with E-state index < -0.39 is 11.8 Å². The first-order valence-corrected chi connectivity index (χ1v) is 6.82. The summed E-state index contributed by atoms with van der Waals surface area (Å²) >= 11 is 0. The quantitative estimate of drug-likeness (QED) is 0.567. The van der Waals surface area contributed by atoms with Gasteiger partial charge in [0.05, 0.1) is 0 Å². The molecule has 1 saturated heterocycles. The Labute approximate surface area is 115 Å². The molecule has 108 valence electrons. The van der Waals surface area contributed by atoms with Gasteiger partial charge in [0.15, 0.2) is 0 Å². The Morgan fingerprint density at radius 3 is 2.37 bits per heavy atom. The number of carbonyl (C=O) groups is 2. The van der Waals surface area contributed by atoms with Crippen molar-refractivity contribution in [1.82, 2.24) is 15.1 Å². The van der Waals surface area contributed by atoms with Crippen LogP contribution in [0, 0.1) is 0 Å². The molecule has 1 heterocycles. The molecule has 5 heteroatoms. The van der Waals surface area contributed by atoms with E-state index in [1.165, 1.54) is 0 Å². The normalized spacial score (nSPS) is 16.7. The van der Waals surface area contributed by atoms with Crippen molar-refractivity contribution in [1.29, 1.82) is 0 Å². The second kappa shape index (κ2) is 6.70. The minimum Gasteiger partial charge on any atom is -0.330 e. The van der Waals surface area contributed by atoms with Crippen molar-refractivity contribution in [3.63, 3.8) is 0 Å². The molecule has 5 nitrogen and oxygen atoms in total. The maximum atomic E-state index is 12.0. The number of nitrogens with zero attached hydrogens (tertiary/aromatic N) is 2. The zero-order valence-electron chi connectivity index (χ0n) is 12.4. The van der Waals surface area contributed by atoms with Gasteiger partial charge in [0.2, 0.25) is 0 Å². The first kappa shape index (κ1) is 15.7. The fourth-order valence-electron chi connectivity index (χ4n) is 2.01. The molecule has 0 spiro atoms. The summed E-state index contributed by atoms with van der Waals surface area (Å²) in [6.45, 7) is 14.2.